The van der Waals surface area contributed by atoms with E-state index in [1.807, 2.05) is 20.8 Å². The lowest BCUT2D eigenvalue weighted by atomic mass is 10.1. The Morgan fingerprint density at radius 2 is 1.95 bits per heavy atom. The number of hydrogen-bond donors (Lipinski definition) is 1. The number of carbonyl (C=O) groups is 1. The van der Waals surface area contributed by atoms with E-state index in [1.165, 1.54) is 11.1 Å². The molecule has 1 heterocycles. The zero-order chi connectivity index (χ0) is 28.0. The van der Waals surface area contributed by atoms with Gasteiger partial charge in [0.25, 0.3) is 0 Å². The fraction of sp³-hybridized carbons (Fsp3) is 0.385. The molecular formula is C26H29BrF2N4O5. The Morgan fingerprint density at radius 3 is 2.61 bits per heavy atom. The minimum atomic E-state index is -0.991. The minimum Gasteiger partial charge on any atom is -0.487 e. The van der Waals surface area contributed by atoms with Crippen LogP contribution in [0.25, 0.3) is 10.9 Å². The molecule has 3 aromatic rings. The van der Waals surface area contributed by atoms with E-state index in [-0.39, 0.29) is 23.8 Å². The summed E-state index contributed by atoms with van der Waals surface area (Å²) >= 11 is 3.38. The normalized spacial score (nSPS) is 11.3. The van der Waals surface area contributed by atoms with Gasteiger partial charge in [-0.3, -0.25) is 10.1 Å². The molecule has 0 bridgehead atoms. The summed E-state index contributed by atoms with van der Waals surface area (Å²) in [5.74, 6) is -2.61. The van der Waals surface area contributed by atoms with Gasteiger partial charge in [0.2, 0.25) is 0 Å². The molecule has 3 rings (SSSR count). The molecule has 9 nitrogen and oxygen atoms in total. The number of pyridine rings is 1. The molecule has 1 amide bonds. The SMILES string of the molecule is CCN(C(=O)Oc1cc(F)cc(F)c1OCCCCNc1c([N+](=O)[O-])cnc2ccc(Br)cc12)C(C)(C)C. The maximum absolute atomic E-state index is 14.5. The first-order chi connectivity index (χ1) is 17.9. The van der Waals surface area contributed by atoms with Gasteiger partial charge in [0.05, 0.1) is 17.0 Å². The number of nitro groups is 1. The number of anilines is 1. The van der Waals surface area contributed by atoms with Crippen LogP contribution in [0.15, 0.2) is 41.0 Å². The standard InChI is InChI=1S/C26H29BrF2N4O5/c1-5-32(26(2,3)4)25(34)38-22-14-17(28)13-19(29)24(22)37-11-7-6-10-30-23-18-12-16(27)8-9-20(18)31-15-21(23)33(35)36/h8-9,12-15H,5-7,10-11H2,1-4H3,(H,30,31). The van der Waals surface area contributed by atoms with Crippen molar-refractivity contribution >= 4 is 44.3 Å². The summed E-state index contributed by atoms with van der Waals surface area (Å²) in [5, 5.41) is 15.2. The molecule has 0 aliphatic rings. The van der Waals surface area contributed by atoms with E-state index in [1.54, 1.807) is 25.1 Å². The first-order valence-corrected chi connectivity index (χ1v) is 12.8. The van der Waals surface area contributed by atoms with Crippen LogP contribution in [0.5, 0.6) is 11.5 Å². The van der Waals surface area contributed by atoms with Gasteiger partial charge in [-0.1, -0.05) is 15.9 Å². The quantitative estimate of drug-likeness (QED) is 0.152. The molecule has 0 saturated heterocycles. The van der Waals surface area contributed by atoms with Crippen LogP contribution in [0.4, 0.5) is 25.0 Å². The first-order valence-electron chi connectivity index (χ1n) is 12.0. The van der Waals surface area contributed by atoms with Crippen molar-refractivity contribution in [3.8, 4) is 11.5 Å². The average Bonchev–Trinajstić information content (AvgIpc) is 2.81. The number of benzene rings is 2. The lowest BCUT2D eigenvalue weighted by molar-refractivity contribution is -0.384. The summed E-state index contributed by atoms with van der Waals surface area (Å²) in [7, 11) is 0. The lowest BCUT2D eigenvalue weighted by Crippen LogP contribution is -2.46. The van der Waals surface area contributed by atoms with E-state index < -0.39 is 28.2 Å². The fourth-order valence-electron chi connectivity index (χ4n) is 3.87. The predicted molar refractivity (Wildman–Crippen MR) is 144 cm³/mol. The molecular weight excluding hydrogens is 566 g/mol. The van der Waals surface area contributed by atoms with E-state index in [9.17, 15) is 23.7 Å². The van der Waals surface area contributed by atoms with Crippen molar-refractivity contribution in [2.24, 2.45) is 0 Å². The van der Waals surface area contributed by atoms with E-state index in [0.717, 1.165) is 10.5 Å². The van der Waals surface area contributed by atoms with Crippen LogP contribution in [-0.4, -0.2) is 46.1 Å². The van der Waals surface area contributed by atoms with E-state index in [0.29, 0.717) is 48.6 Å². The minimum absolute atomic E-state index is 0.0380. The number of fused-ring (bicyclic) bond motifs is 1. The van der Waals surface area contributed by atoms with Crippen LogP contribution in [0.1, 0.15) is 40.5 Å². The highest BCUT2D eigenvalue weighted by molar-refractivity contribution is 9.10. The van der Waals surface area contributed by atoms with Crippen molar-refractivity contribution in [1.29, 1.82) is 0 Å². The second kappa shape index (κ2) is 12.3. The third kappa shape index (κ3) is 7.06. The molecule has 0 atom stereocenters. The molecule has 38 heavy (non-hydrogen) atoms. The van der Waals surface area contributed by atoms with Gasteiger partial charge in [-0.15, -0.1) is 0 Å². The molecule has 1 aromatic heterocycles. The van der Waals surface area contributed by atoms with E-state index in [2.05, 4.69) is 26.2 Å². The smallest absolute Gasteiger partial charge is 0.415 e. The van der Waals surface area contributed by atoms with Crippen LogP contribution < -0.4 is 14.8 Å². The summed E-state index contributed by atoms with van der Waals surface area (Å²) in [6, 6.07) is 6.86. The van der Waals surface area contributed by atoms with Crippen LogP contribution in [0.3, 0.4) is 0 Å². The van der Waals surface area contributed by atoms with Crippen molar-refractivity contribution in [2.45, 2.75) is 46.1 Å². The van der Waals surface area contributed by atoms with Crippen molar-refractivity contribution in [3.63, 3.8) is 0 Å². The number of amides is 1. The average molecular weight is 595 g/mol. The Labute approximate surface area is 227 Å². The fourth-order valence-corrected chi connectivity index (χ4v) is 4.23. The third-order valence-electron chi connectivity index (χ3n) is 5.64. The molecule has 2 aromatic carbocycles. The highest BCUT2D eigenvalue weighted by Gasteiger charge is 2.28. The maximum Gasteiger partial charge on any atom is 0.415 e. The molecule has 12 heteroatoms. The van der Waals surface area contributed by atoms with Crippen LogP contribution in [0, 0.1) is 21.7 Å². The first kappa shape index (κ1) is 29.0. The number of halogens is 3. The van der Waals surface area contributed by atoms with Gasteiger partial charge in [-0.05, 0) is 58.7 Å². The van der Waals surface area contributed by atoms with Crippen molar-refractivity contribution in [1.82, 2.24) is 9.88 Å². The summed E-state index contributed by atoms with van der Waals surface area (Å²) in [5.41, 5.74) is 0.242. The van der Waals surface area contributed by atoms with Gasteiger partial charge in [0.1, 0.15) is 17.7 Å². The van der Waals surface area contributed by atoms with E-state index >= 15 is 0 Å². The molecule has 0 spiro atoms. The second-order valence-corrected chi connectivity index (χ2v) is 10.3. The van der Waals surface area contributed by atoms with Gasteiger partial charge in [0, 0.05) is 40.6 Å². The molecule has 0 radical (unpaired) electrons. The van der Waals surface area contributed by atoms with Crippen molar-refractivity contribution in [3.05, 3.63) is 62.8 Å². The number of carbonyl (C=O) groups excluding carboxylic acids is 1. The number of unbranched alkanes of at least 4 members (excludes halogenated alkanes) is 1. The predicted octanol–water partition coefficient (Wildman–Crippen LogP) is 7.07. The molecule has 204 valence electrons. The Bertz CT molecular complexity index is 1330. The molecule has 0 aliphatic carbocycles. The van der Waals surface area contributed by atoms with Crippen molar-refractivity contribution < 1.29 is 28.0 Å². The van der Waals surface area contributed by atoms with Gasteiger partial charge in [-0.2, -0.15) is 0 Å². The Kier molecular flexibility index (Phi) is 9.42. The number of hydrogen-bond acceptors (Lipinski definition) is 7. The maximum atomic E-state index is 14.5. The third-order valence-corrected chi connectivity index (χ3v) is 6.14. The Balaban J connectivity index is 1.64. The highest BCUT2D eigenvalue weighted by atomic mass is 79.9. The number of nitrogens with zero attached hydrogens (tertiary/aromatic N) is 3. The Morgan fingerprint density at radius 1 is 1.21 bits per heavy atom. The van der Waals surface area contributed by atoms with Gasteiger partial charge >= 0.3 is 11.8 Å². The number of nitrogens with one attached hydrogen (secondary N) is 1. The van der Waals surface area contributed by atoms with Crippen LogP contribution in [0.2, 0.25) is 0 Å². The summed E-state index contributed by atoms with van der Waals surface area (Å²) in [6.45, 7) is 7.96. The largest absolute Gasteiger partial charge is 0.487 e. The molecule has 0 aliphatic heterocycles. The monoisotopic (exact) mass is 594 g/mol. The number of aromatic nitrogens is 1. The zero-order valence-electron chi connectivity index (χ0n) is 21.5. The van der Waals surface area contributed by atoms with Gasteiger partial charge < -0.3 is 19.7 Å². The lowest BCUT2D eigenvalue weighted by Gasteiger charge is -2.33. The molecule has 0 saturated carbocycles. The van der Waals surface area contributed by atoms with Crippen LogP contribution >= 0.6 is 15.9 Å². The highest BCUT2D eigenvalue weighted by Crippen LogP contribution is 2.34. The number of ether oxygens (including phenoxy) is 2. The molecule has 0 fully saturated rings. The second-order valence-electron chi connectivity index (χ2n) is 9.42. The summed E-state index contributed by atoms with van der Waals surface area (Å²) in [6.07, 6.45) is 1.40. The van der Waals surface area contributed by atoms with E-state index in [4.69, 9.17) is 9.47 Å². The molecule has 0 unspecified atom stereocenters. The topological polar surface area (TPSA) is 107 Å². The zero-order valence-corrected chi connectivity index (χ0v) is 23.1. The Hall–Kier alpha value is -3.54. The van der Waals surface area contributed by atoms with Gasteiger partial charge in [-0.25, -0.2) is 18.6 Å². The molecule has 1 N–H and O–H groups in total. The van der Waals surface area contributed by atoms with Crippen LogP contribution in [-0.2, 0) is 0 Å². The number of rotatable bonds is 10. The summed E-state index contributed by atoms with van der Waals surface area (Å²) < 4.78 is 40.0. The van der Waals surface area contributed by atoms with Gasteiger partial charge in [0.15, 0.2) is 17.3 Å². The summed E-state index contributed by atoms with van der Waals surface area (Å²) in [4.78, 5) is 29.2. The van der Waals surface area contributed by atoms with Crippen molar-refractivity contribution in [2.75, 3.05) is 25.0 Å².